The molecule has 0 fully saturated rings. The molecular weight excluding hydrogens is 275 g/mol. The molecular formula is C12H8Cl2N2O2. The Balaban J connectivity index is 2.21. The first-order chi connectivity index (χ1) is 8.56. The number of amides is 1. The summed E-state index contributed by atoms with van der Waals surface area (Å²) in [6, 6.07) is 7.46. The topological polar surface area (TPSA) is 62.0 Å². The molecule has 0 aliphatic heterocycles. The highest BCUT2D eigenvalue weighted by Gasteiger charge is 2.07. The van der Waals surface area contributed by atoms with Crippen LogP contribution < -0.4 is 10.9 Å². The molecule has 0 saturated carbocycles. The minimum Gasteiger partial charge on any atom is -0.329 e. The number of anilines is 1. The van der Waals surface area contributed by atoms with Crippen LogP contribution in [0.2, 0.25) is 10.0 Å². The van der Waals surface area contributed by atoms with E-state index in [4.69, 9.17) is 23.2 Å². The van der Waals surface area contributed by atoms with Gasteiger partial charge in [-0.3, -0.25) is 9.59 Å². The van der Waals surface area contributed by atoms with Crippen molar-refractivity contribution in [3.05, 3.63) is 62.5 Å². The minimum absolute atomic E-state index is 0.268. The van der Waals surface area contributed by atoms with Crippen molar-refractivity contribution in [1.29, 1.82) is 0 Å². The van der Waals surface area contributed by atoms with Crippen LogP contribution in [0.15, 0.2) is 41.3 Å². The maximum Gasteiger partial charge on any atom is 0.255 e. The minimum atomic E-state index is -0.389. The van der Waals surface area contributed by atoms with E-state index in [0.29, 0.717) is 15.7 Å². The van der Waals surface area contributed by atoms with Gasteiger partial charge in [-0.15, -0.1) is 0 Å². The molecule has 1 amide bonds. The summed E-state index contributed by atoms with van der Waals surface area (Å²) in [5, 5.41) is 3.37. The second-order valence-corrected chi connectivity index (χ2v) is 4.34. The van der Waals surface area contributed by atoms with Crippen LogP contribution in [-0.4, -0.2) is 10.9 Å². The van der Waals surface area contributed by atoms with Gasteiger partial charge in [-0.2, -0.15) is 0 Å². The number of H-pyrrole nitrogens is 1. The Labute approximate surface area is 113 Å². The molecule has 0 radical (unpaired) electrons. The lowest BCUT2D eigenvalue weighted by Gasteiger charge is -2.05. The molecule has 2 N–H and O–H groups in total. The molecule has 2 rings (SSSR count). The number of carbonyl (C=O) groups is 1. The lowest BCUT2D eigenvalue weighted by atomic mass is 10.2. The summed E-state index contributed by atoms with van der Waals surface area (Å²) >= 11 is 11.6. The summed E-state index contributed by atoms with van der Waals surface area (Å²) in [4.78, 5) is 25.3. The first-order valence-electron chi connectivity index (χ1n) is 5.01. The van der Waals surface area contributed by atoms with Gasteiger partial charge in [0.2, 0.25) is 5.56 Å². The quantitative estimate of drug-likeness (QED) is 0.890. The zero-order valence-electron chi connectivity index (χ0n) is 9.04. The standard InChI is InChI=1S/C12H8Cl2N2O2/c13-9-2-1-8(6-10(9)14)16-12(18)7-3-4-15-11(17)5-7/h1-6H,(H,15,17)(H,16,18). The molecule has 1 aromatic carbocycles. The normalized spacial score (nSPS) is 10.1. The molecule has 2 aromatic rings. The summed E-state index contributed by atoms with van der Waals surface area (Å²) in [5.74, 6) is -0.389. The van der Waals surface area contributed by atoms with Crippen LogP contribution in [0.3, 0.4) is 0 Å². The summed E-state index contributed by atoms with van der Waals surface area (Å²) in [6.45, 7) is 0. The Morgan fingerprint density at radius 1 is 1.11 bits per heavy atom. The Hall–Kier alpha value is -1.78. The molecule has 0 aliphatic carbocycles. The third-order valence-corrected chi connectivity index (χ3v) is 2.95. The predicted octanol–water partition coefficient (Wildman–Crippen LogP) is 2.93. The third-order valence-electron chi connectivity index (χ3n) is 2.21. The second-order valence-electron chi connectivity index (χ2n) is 3.52. The van der Waals surface area contributed by atoms with Gasteiger partial charge in [-0.05, 0) is 24.3 Å². The average Bonchev–Trinajstić information content (AvgIpc) is 2.34. The number of hydrogen-bond donors (Lipinski definition) is 2. The Bertz CT molecular complexity index is 653. The van der Waals surface area contributed by atoms with Crippen molar-refractivity contribution >= 4 is 34.8 Å². The first kappa shape index (κ1) is 12.7. The average molecular weight is 283 g/mol. The van der Waals surface area contributed by atoms with Gasteiger partial charge in [0.05, 0.1) is 10.0 Å². The number of halogens is 2. The number of nitrogens with one attached hydrogen (secondary N) is 2. The second kappa shape index (κ2) is 5.25. The number of aromatic nitrogens is 1. The molecule has 4 nitrogen and oxygen atoms in total. The van der Waals surface area contributed by atoms with Gasteiger partial charge in [0.15, 0.2) is 0 Å². The fraction of sp³-hybridized carbons (Fsp3) is 0. The maximum absolute atomic E-state index is 11.8. The Morgan fingerprint density at radius 2 is 1.89 bits per heavy atom. The van der Waals surface area contributed by atoms with E-state index in [-0.39, 0.29) is 17.0 Å². The van der Waals surface area contributed by atoms with Crippen LogP contribution in [0, 0.1) is 0 Å². The van der Waals surface area contributed by atoms with E-state index in [0.717, 1.165) is 0 Å². The van der Waals surface area contributed by atoms with E-state index in [1.165, 1.54) is 24.4 Å². The molecule has 92 valence electrons. The first-order valence-corrected chi connectivity index (χ1v) is 5.77. The van der Waals surface area contributed by atoms with E-state index in [9.17, 15) is 9.59 Å². The Kier molecular flexibility index (Phi) is 3.69. The number of pyridine rings is 1. The molecule has 0 bridgehead atoms. The molecule has 0 unspecified atom stereocenters. The van der Waals surface area contributed by atoms with Gasteiger partial charge in [0, 0.05) is 23.5 Å². The summed E-state index contributed by atoms with van der Waals surface area (Å²) in [6.07, 6.45) is 1.41. The smallest absolute Gasteiger partial charge is 0.255 e. The predicted molar refractivity (Wildman–Crippen MR) is 71.5 cm³/mol. The van der Waals surface area contributed by atoms with E-state index in [1.54, 1.807) is 12.1 Å². The van der Waals surface area contributed by atoms with Crippen molar-refractivity contribution in [3.63, 3.8) is 0 Å². The van der Waals surface area contributed by atoms with Crippen molar-refractivity contribution < 1.29 is 4.79 Å². The molecule has 0 spiro atoms. The maximum atomic E-state index is 11.8. The number of aromatic amines is 1. The number of carbonyl (C=O) groups excluding carboxylic acids is 1. The van der Waals surface area contributed by atoms with Gasteiger partial charge in [0.25, 0.3) is 5.91 Å². The highest BCUT2D eigenvalue weighted by atomic mass is 35.5. The van der Waals surface area contributed by atoms with E-state index >= 15 is 0 Å². The van der Waals surface area contributed by atoms with Crippen LogP contribution >= 0.6 is 23.2 Å². The largest absolute Gasteiger partial charge is 0.329 e. The Morgan fingerprint density at radius 3 is 2.56 bits per heavy atom. The third kappa shape index (κ3) is 2.91. The molecule has 1 heterocycles. The highest BCUT2D eigenvalue weighted by Crippen LogP contribution is 2.25. The van der Waals surface area contributed by atoms with Crippen molar-refractivity contribution in [2.45, 2.75) is 0 Å². The fourth-order valence-electron chi connectivity index (χ4n) is 1.36. The van der Waals surface area contributed by atoms with E-state index < -0.39 is 0 Å². The zero-order valence-corrected chi connectivity index (χ0v) is 10.5. The van der Waals surface area contributed by atoms with Gasteiger partial charge in [-0.25, -0.2) is 0 Å². The van der Waals surface area contributed by atoms with Crippen LogP contribution in [-0.2, 0) is 0 Å². The molecule has 0 saturated heterocycles. The van der Waals surface area contributed by atoms with Crippen molar-refractivity contribution in [3.8, 4) is 0 Å². The fourth-order valence-corrected chi connectivity index (χ4v) is 1.66. The van der Waals surface area contributed by atoms with Gasteiger partial charge in [0.1, 0.15) is 0 Å². The number of rotatable bonds is 2. The van der Waals surface area contributed by atoms with Crippen LogP contribution in [0.25, 0.3) is 0 Å². The van der Waals surface area contributed by atoms with Crippen LogP contribution in [0.4, 0.5) is 5.69 Å². The lowest BCUT2D eigenvalue weighted by molar-refractivity contribution is 0.102. The molecule has 1 aromatic heterocycles. The molecule has 0 atom stereocenters. The van der Waals surface area contributed by atoms with E-state index in [1.807, 2.05) is 0 Å². The molecule has 18 heavy (non-hydrogen) atoms. The van der Waals surface area contributed by atoms with Gasteiger partial charge in [-0.1, -0.05) is 23.2 Å². The number of hydrogen-bond acceptors (Lipinski definition) is 2. The van der Waals surface area contributed by atoms with Crippen LogP contribution in [0.1, 0.15) is 10.4 Å². The molecule has 6 heteroatoms. The molecule has 0 aliphatic rings. The van der Waals surface area contributed by atoms with Gasteiger partial charge >= 0.3 is 0 Å². The summed E-state index contributed by atoms with van der Waals surface area (Å²) in [7, 11) is 0. The highest BCUT2D eigenvalue weighted by molar-refractivity contribution is 6.42. The van der Waals surface area contributed by atoms with Crippen molar-refractivity contribution in [1.82, 2.24) is 4.98 Å². The zero-order chi connectivity index (χ0) is 13.1. The lowest BCUT2D eigenvalue weighted by Crippen LogP contribution is -2.15. The SMILES string of the molecule is O=C(Nc1ccc(Cl)c(Cl)c1)c1cc[nH]c(=O)c1. The number of benzene rings is 1. The summed E-state index contributed by atoms with van der Waals surface area (Å²) in [5.41, 5.74) is 0.441. The monoisotopic (exact) mass is 282 g/mol. The van der Waals surface area contributed by atoms with Gasteiger partial charge < -0.3 is 10.3 Å². The van der Waals surface area contributed by atoms with Crippen molar-refractivity contribution in [2.24, 2.45) is 0 Å². The summed E-state index contributed by atoms with van der Waals surface area (Å²) < 4.78 is 0. The van der Waals surface area contributed by atoms with Crippen LogP contribution in [0.5, 0.6) is 0 Å². The van der Waals surface area contributed by atoms with E-state index in [2.05, 4.69) is 10.3 Å². The van der Waals surface area contributed by atoms with Crippen molar-refractivity contribution in [2.75, 3.05) is 5.32 Å².